The van der Waals surface area contributed by atoms with Gasteiger partial charge in [0, 0.05) is 6.42 Å². The summed E-state index contributed by atoms with van der Waals surface area (Å²) in [6.45, 7) is 0. The largest absolute Gasteiger partial charge is 0.391 e. The summed E-state index contributed by atoms with van der Waals surface area (Å²) in [5.74, 6) is 0.737. The molecule has 2 rings (SSSR count). The van der Waals surface area contributed by atoms with E-state index < -0.39 is 0 Å². The lowest BCUT2D eigenvalue weighted by atomic mass is 9.91. The van der Waals surface area contributed by atoms with Crippen LogP contribution in [0.2, 0.25) is 0 Å². The first-order valence-electron chi connectivity index (χ1n) is 7.73. The molecule has 0 aromatic rings. The number of rotatable bonds is 3. The third-order valence-corrected chi connectivity index (χ3v) is 4.52. The van der Waals surface area contributed by atoms with Gasteiger partial charge < -0.3 is 10.4 Å². The van der Waals surface area contributed by atoms with Gasteiger partial charge in [-0.1, -0.05) is 38.5 Å². The Hall–Kier alpha value is -0.570. The van der Waals surface area contributed by atoms with Crippen molar-refractivity contribution < 1.29 is 9.90 Å². The maximum absolute atomic E-state index is 12.0. The zero-order valence-corrected chi connectivity index (χ0v) is 11.4. The second-order valence-corrected chi connectivity index (χ2v) is 6.09. The average Bonchev–Trinajstić information content (AvgIpc) is 2.61. The molecule has 0 unspecified atom stereocenters. The van der Waals surface area contributed by atoms with Gasteiger partial charge in [-0.15, -0.1) is 0 Å². The second-order valence-electron chi connectivity index (χ2n) is 6.09. The zero-order chi connectivity index (χ0) is 12.8. The van der Waals surface area contributed by atoms with Gasteiger partial charge in [0.25, 0.3) is 0 Å². The van der Waals surface area contributed by atoms with Crippen molar-refractivity contribution in [3.8, 4) is 0 Å². The minimum absolute atomic E-state index is 0.0111. The molecule has 104 valence electrons. The number of hydrogen-bond donors (Lipinski definition) is 2. The average molecular weight is 253 g/mol. The summed E-state index contributed by atoms with van der Waals surface area (Å²) in [5.41, 5.74) is 0. The Morgan fingerprint density at radius 2 is 1.56 bits per heavy atom. The van der Waals surface area contributed by atoms with Gasteiger partial charge in [-0.25, -0.2) is 0 Å². The quantitative estimate of drug-likeness (QED) is 0.760. The van der Waals surface area contributed by atoms with Crippen LogP contribution in [0, 0.1) is 5.92 Å². The van der Waals surface area contributed by atoms with Crippen LogP contribution in [0.25, 0.3) is 0 Å². The number of amides is 1. The number of aliphatic hydroxyl groups is 1. The zero-order valence-electron chi connectivity index (χ0n) is 11.4. The summed E-state index contributed by atoms with van der Waals surface area (Å²) >= 11 is 0. The molecule has 0 radical (unpaired) electrons. The van der Waals surface area contributed by atoms with E-state index in [1.165, 1.54) is 38.5 Å². The summed E-state index contributed by atoms with van der Waals surface area (Å²) in [5, 5.41) is 12.9. The lowest BCUT2D eigenvalue weighted by molar-refractivity contribution is -0.124. The van der Waals surface area contributed by atoms with Crippen molar-refractivity contribution in [2.24, 2.45) is 5.92 Å². The van der Waals surface area contributed by atoms with Crippen LogP contribution in [0.3, 0.4) is 0 Å². The molecule has 0 heterocycles. The Labute approximate surface area is 110 Å². The fraction of sp³-hybridized carbons (Fsp3) is 0.933. The molecule has 2 fully saturated rings. The highest BCUT2D eigenvalue weighted by molar-refractivity contribution is 5.76. The van der Waals surface area contributed by atoms with Gasteiger partial charge in [0.2, 0.25) is 5.91 Å². The molecule has 2 atom stereocenters. The summed E-state index contributed by atoms with van der Waals surface area (Å²) in [4.78, 5) is 12.0. The van der Waals surface area contributed by atoms with Crippen LogP contribution in [0.1, 0.15) is 70.6 Å². The molecule has 0 aromatic heterocycles. The summed E-state index contributed by atoms with van der Waals surface area (Å²) < 4.78 is 0. The molecule has 3 nitrogen and oxygen atoms in total. The van der Waals surface area contributed by atoms with Crippen LogP contribution in [-0.4, -0.2) is 23.2 Å². The Balaban J connectivity index is 1.73. The molecular formula is C15H27NO2. The van der Waals surface area contributed by atoms with E-state index in [1.807, 2.05) is 0 Å². The third kappa shape index (κ3) is 4.27. The SMILES string of the molecule is O=C(CC1CCCCCC1)N[C@@H]1CCCC[C@H]1O. The topological polar surface area (TPSA) is 49.3 Å². The maximum atomic E-state index is 12.0. The van der Waals surface area contributed by atoms with Gasteiger partial charge in [-0.2, -0.15) is 0 Å². The van der Waals surface area contributed by atoms with Crippen LogP contribution in [0.4, 0.5) is 0 Å². The van der Waals surface area contributed by atoms with Crippen molar-refractivity contribution in [1.29, 1.82) is 0 Å². The molecule has 2 aliphatic carbocycles. The molecule has 0 spiro atoms. The Bertz CT molecular complexity index is 259. The number of carbonyl (C=O) groups is 1. The van der Waals surface area contributed by atoms with E-state index in [0.717, 1.165) is 25.7 Å². The summed E-state index contributed by atoms with van der Waals surface area (Å²) in [7, 11) is 0. The second kappa shape index (κ2) is 7.13. The van der Waals surface area contributed by atoms with E-state index in [1.54, 1.807) is 0 Å². The van der Waals surface area contributed by atoms with Gasteiger partial charge in [0.1, 0.15) is 0 Å². The minimum atomic E-state index is -0.322. The van der Waals surface area contributed by atoms with Crippen LogP contribution in [-0.2, 0) is 4.79 Å². The number of aliphatic hydroxyl groups excluding tert-OH is 1. The molecule has 0 bridgehead atoms. The van der Waals surface area contributed by atoms with E-state index in [0.29, 0.717) is 12.3 Å². The van der Waals surface area contributed by atoms with Gasteiger partial charge in [-0.3, -0.25) is 4.79 Å². The normalized spacial score (nSPS) is 30.7. The predicted molar refractivity (Wildman–Crippen MR) is 72.2 cm³/mol. The predicted octanol–water partition coefficient (Wildman–Crippen LogP) is 2.77. The Morgan fingerprint density at radius 1 is 0.944 bits per heavy atom. The van der Waals surface area contributed by atoms with Crippen LogP contribution in [0.15, 0.2) is 0 Å². The van der Waals surface area contributed by atoms with E-state index in [4.69, 9.17) is 0 Å². The molecule has 2 saturated carbocycles. The lowest BCUT2D eigenvalue weighted by Gasteiger charge is -2.29. The number of hydrogen-bond acceptors (Lipinski definition) is 2. The molecule has 3 heteroatoms. The standard InChI is InChI=1S/C15H27NO2/c17-14-10-6-5-9-13(14)16-15(18)11-12-7-3-1-2-4-8-12/h12-14,17H,1-11H2,(H,16,18)/t13-,14-/m1/s1. The van der Waals surface area contributed by atoms with Crippen molar-refractivity contribution in [2.75, 3.05) is 0 Å². The molecule has 0 aromatic carbocycles. The first kappa shape index (κ1) is 13.9. The highest BCUT2D eigenvalue weighted by Gasteiger charge is 2.25. The smallest absolute Gasteiger partial charge is 0.220 e. The van der Waals surface area contributed by atoms with Crippen molar-refractivity contribution >= 4 is 5.91 Å². The van der Waals surface area contributed by atoms with Crippen LogP contribution >= 0.6 is 0 Å². The highest BCUT2D eigenvalue weighted by Crippen LogP contribution is 2.25. The molecule has 2 N–H and O–H groups in total. The van der Waals surface area contributed by atoms with Crippen molar-refractivity contribution in [3.05, 3.63) is 0 Å². The molecule has 1 amide bonds. The molecule has 0 aliphatic heterocycles. The summed E-state index contributed by atoms with van der Waals surface area (Å²) in [6, 6.07) is 0.0111. The Kier molecular flexibility index (Phi) is 5.48. The van der Waals surface area contributed by atoms with Gasteiger partial charge in [0.05, 0.1) is 12.1 Å². The number of carbonyl (C=O) groups excluding carboxylic acids is 1. The van der Waals surface area contributed by atoms with Crippen molar-refractivity contribution in [2.45, 2.75) is 82.8 Å². The van der Waals surface area contributed by atoms with Gasteiger partial charge in [0.15, 0.2) is 0 Å². The maximum Gasteiger partial charge on any atom is 0.220 e. The number of nitrogens with one attached hydrogen (secondary N) is 1. The third-order valence-electron chi connectivity index (χ3n) is 4.52. The van der Waals surface area contributed by atoms with E-state index in [2.05, 4.69) is 5.32 Å². The fourth-order valence-electron chi connectivity index (χ4n) is 3.38. The first-order chi connectivity index (χ1) is 8.75. The molecule has 0 saturated heterocycles. The fourth-order valence-corrected chi connectivity index (χ4v) is 3.38. The highest BCUT2D eigenvalue weighted by atomic mass is 16.3. The lowest BCUT2D eigenvalue weighted by Crippen LogP contribution is -2.45. The van der Waals surface area contributed by atoms with Crippen molar-refractivity contribution in [3.63, 3.8) is 0 Å². The molecule has 18 heavy (non-hydrogen) atoms. The monoisotopic (exact) mass is 253 g/mol. The van der Waals surface area contributed by atoms with Gasteiger partial charge in [-0.05, 0) is 31.6 Å². The first-order valence-corrected chi connectivity index (χ1v) is 7.73. The van der Waals surface area contributed by atoms with E-state index >= 15 is 0 Å². The molecular weight excluding hydrogens is 226 g/mol. The summed E-state index contributed by atoms with van der Waals surface area (Å²) in [6.07, 6.45) is 12.0. The van der Waals surface area contributed by atoms with E-state index in [9.17, 15) is 9.90 Å². The van der Waals surface area contributed by atoms with Gasteiger partial charge >= 0.3 is 0 Å². The Morgan fingerprint density at radius 3 is 2.22 bits per heavy atom. The van der Waals surface area contributed by atoms with Crippen molar-refractivity contribution in [1.82, 2.24) is 5.32 Å². The minimum Gasteiger partial charge on any atom is -0.391 e. The van der Waals surface area contributed by atoms with Crippen LogP contribution in [0.5, 0.6) is 0 Å². The van der Waals surface area contributed by atoms with Crippen LogP contribution < -0.4 is 5.32 Å². The molecule has 2 aliphatic rings. The van der Waals surface area contributed by atoms with E-state index in [-0.39, 0.29) is 18.1 Å².